The van der Waals surface area contributed by atoms with E-state index < -0.39 is 10.0 Å². The zero-order chi connectivity index (χ0) is 22.3. The second kappa shape index (κ2) is 10.6. The van der Waals surface area contributed by atoms with Crippen molar-refractivity contribution in [2.45, 2.75) is 26.0 Å². The lowest BCUT2D eigenvalue weighted by Crippen LogP contribution is -2.54. The van der Waals surface area contributed by atoms with Crippen LogP contribution in [-0.4, -0.2) is 75.1 Å². The van der Waals surface area contributed by atoms with Gasteiger partial charge >= 0.3 is 0 Å². The monoisotopic (exact) mass is 449 g/mol. The Kier molecular flexibility index (Phi) is 7.91. The topological polar surface area (TPSA) is 100 Å². The molecule has 1 aliphatic heterocycles. The van der Waals surface area contributed by atoms with Gasteiger partial charge in [-0.3, -0.25) is 4.99 Å². The minimum absolute atomic E-state index is 0.143. The van der Waals surface area contributed by atoms with Crippen molar-refractivity contribution < 1.29 is 17.7 Å². The normalized spacial score (nSPS) is 15.8. The maximum Gasteiger partial charge on any atom is 0.220 e. The minimum atomic E-state index is -3.42. The molecule has 1 saturated heterocycles. The number of aliphatic imine (C=N–C) groups is 1. The number of guanidine groups is 1. The van der Waals surface area contributed by atoms with Gasteiger partial charge in [-0.25, -0.2) is 8.42 Å². The van der Waals surface area contributed by atoms with Gasteiger partial charge in [0.1, 0.15) is 17.8 Å². The number of hydrogen-bond acceptors (Lipinski definition) is 6. The van der Waals surface area contributed by atoms with Crippen molar-refractivity contribution in [3.05, 3.63) is 47.3 Å². The molecule has 1 fully saturated rings. The molecule has 0 bridgehead atoms. The Morgan fingerprint density at radius 2 is 2.03 bits per heavy atom. The van der Waals surface area contributed by atoms with Crippen LogP contribution < -0.4 is 10.1 Å². The van der Waals surface area contributed by atoms with E-state index >= 15 is 0 Å². The summed E-state index contributed by atoms with van der Waals surface area (Å²) in [5.41, 5.74) is 2.74. The second-order valence-electron chi connectivity index (χ2n) is 7.43. The molecule has 2 heterocycles. The Bertz CT molecular complexity index is 968. The highest BCUT2D eigenvalue weighted by Crippen LogP contribution is 2.20. The van der Waals surface area contributed by atoms with Crippen molar-refractivity contribution in [1.82, 2.24) is 19.7 Å². The van der Waals surface area contributed by atoms with Gasteiger partial charge < -0.3 is 19.5 Å². The van der Waals surface area contributed by atoms with E-state index in [1.165, 1.54) is 16.1 Å². The van der Waals surface area contributed by atoms with Gasteiger partial charge in [-0.2, -0.15) is 4.31 Å². The minimum Gasteiger partial charge on any atom is -0.496 e. The first-order chi connectivity index (χ1) is 14.9. The predicted octanol–water partition coefficient (Wildman–Crippen LogP) is 1.65. The molecular formula is C21H31N5O4S. The third kappa shape index (κ3) is 6.20. The maximum atomic E-state index is 12.6. The number of sulfonamides is 1. The molecular weight excluding hydrogens is 418 g/mol. The van der Waals surface area contributed by atoms with Crippen molar-refractivity contribution in [2.24, 2.45) is 4.99 Å². The summed E-state index contributed by atoms with van der Waals surface area (Å²) in [6.45, 7) is 7.44. The van der Waals surface area contributed by atoms with Crippen LogP contribution in [0.1, 0.15) is 23.7 Å². The van der Waals surface area contributed by atoms with Gasteiger partial charge in [-0.15, -0.1) is 0 Å². The Hall–Kier alpha value is -2.59. The molecule has 0 amide bonds. The molecule has 0 saturated carbocycles. The molecule has 170 valence electrons. The van der Waals surface area contributed by atoms with Gasteiger partial charge in [-0.05, 0) is 31.9 Å². The number of aryl methyl sites for hydroxylation is 1. The van der Waals surface area contributed by atoms with Crippen molar-refractivity contribution in [1.29, 1.82) is 0 Å². The van der Waals surface area contributed by atoms with E-state index in [2.05, 4.69) is 28.4 Å². The van der Waals surface area contributed by atoms with Crippen molar-refractivity contribution in [3.8, 4) is 5.75 Å². The van der Waals surface area contributed by atoms with E-state index in [1.807, 2.05) is 19.1 Å². The van der Waals surface area contributed by atoms with Gasteiger partial charge in [0.25, 0.3) is 0 Å². The number of benzene rings is 1. The van der Waals surface area contributed by atoms with E-state index in [-0.39, 0.29) is 5.75 Å². The fraction of sp³-hybridized carbons (Fsp3) is 0.524. The van der Waals surface area contributed by atoms with Gasteiger partial charge in [0.2, 0.25) is 10.0 Å². The molecule has 0 radical (unpaired) electrons. The maximum absolute atomic E-state index is 12.6. The molecule has 0 spiro atoms. The second-order valence-corrected chi connectivity index (χ2v) is 9.40. The number of nitrogens with zero attached hydrogens (tertiary/aromatic N) is 4. The van der Waals surface area contributed by atoms with Gasteiger partial charge in [-0.1, -0.05) is 22.9 Å². The van der Waals surface area contributed by atoms with Crippen molar-refractivity contribution in [2.75, 3.05) is 46.4 Å². The number of nitrogens with one attached hydrogen (secondary N) is 1. The molecule has 1 aliphatic rings. The summed E-state index contributed by atoms with van der Waals surface area (Å²) in [4.78, 5) is 6.88. The number of methoxy groups -OCH3 is 1. The van der Waals surface area contributed by atoms with E-state index in [1.54, 1.807) is 13.2 Å². The van der Waals surface area contributed by atoms with Gasteiger partial charge in [0, 0.05) is 45.3 Å². The summed E-state index contributed by atoms with van der Waals surface area (Å²) < 4.78 is 37.0. The van der Waals surface area contributed by atoms with Crippen LogP contribution in [0.5, 0.6) is 5.75 Å². The molecule has 1 aromatic heterocycles. The standard InChI is InChI=1S/C21H31N5O4S/c1-4-22-21(23-9-7-18-15-17(2)5-6-20(18)29-3)25-10-12-26(13-11-25)31(27,28)16-19-8-14-30-24-19/h5-6,8,14-15H,4,7,9-13,16H2,1-3H3,(H,22,23). The fourth-order valence-corrected chi connectivity index (χ4v) is 5.00. The largest absolute Gasteiger partial charge is 0.496 e. The highest BCUT2D eigenvalue weighted by Gasteiger charge is 2.29. The van der Waals surface area contributed by atoms with Gasteiger partial charge in [0.05, 0.1) is 12.8 Å². The van der Waals surface area contributed by atoms with Crippen LogP contribution in [0.15, 0.2) is 40.0 Å². The van der Waals surface area contributed by atoms with Gasteiger partial charge in [0.15, 0.2) is 5.96 Å². The van der Waals surface area contributed by atoms with E-state index in [0.717, 1.165) is 30.2 Å². The average molecular weight is 450 g/mol. The van der Waals surface area contributed by atoms with Crippen LogP contribution in [0.2, 0.25) is 0 Å². The van der Waals surface area contributed by atoms with Crippen LogP contribution in [0.3, 0.4) is 0 Å². The Morgan fingerprint density at radius 3 is 2.68 bits per heavy atom. The molecule has 0 atom stereocenters. The third-order valence-electron chi connectivity index (χ3n) is 5.17. The first kappa shape index (κ1) is 23.1. The van der Waals surface area contributed by atoms with Crippen LogP contribution >= 0.6 is 0 Å². The van der Waals surface area contributed by atoms with E-state index in [4.69, 9.17) is 14.3 Å². The number of hydrogen-bond donors (Lipinski definition) is 1. The van der Waals surface area contributed by atoms with Crippen LogP contribution in [0, 0.1) is 6.92 Å². The summed E-state index contributed by atoms with van der Waals surface area (Å²) in [6.07, 6.45) is 2.15. The highest BCUT2D eigenvalue weighted by molar-refractivity contribution is 7.88. The molecule has 31 heavy (non-hydrogen) atoms. The molecule has 1 N–H and O–H groups in total. The van der Waals surface area contributed by atoms with Crippen LogP contribution in [0.25, 0.3) is 0 Å². The molecule has 0 unspecified atom stereocenters. The van der Waals surface area contributed by atoms with E-state index in [9.17, 15) is 8.42 Å². The molecule has 10 heteroatoms. The predicted molar refractivity (Wildman–Crippen MR) is 120 cm³/mol. The first-order valence-corrected chi connectivity index (χ1v) is 12.1. The number of ether oxygens (including phenoxy) is 1. The highest BCUT2D eigenvalue weighted by atomic mass is 32.2. The molecule has 2 aromatic rings. The molecule has 0 aliphatic carbocycles. The third-order valence-corrected chi connectivity index (χ3v) is 6.98. The smallest absolute Gasteiger partial charge is 0.220 e. The van der Waals surface area contributed by atoms with Crippen molar-refractivity contribution in [3.63, 3.8) is 0 Å². The lowest BCUT2D eigenvalue weighted by atomic mass is 10.1. The lowest BCUT2D eigenvalue weighted by molar-refractivity contribution is 0.260. The zero-order valence-electron chi connectivity index (χ0n) is 18.4. The summed E-state index contributed by atoms with van der Waals surface area (Å²) >= 11 is 0. The SMILES string of the molecule is CCNC(=NCCc1cc(C)ccc1OC)N1CCN(S(=O)(=O)Cc2ccon2)CC1. The van der Waals surface area contributed by atoms with Crippen LogP contribution in [0.4, 0.5) is 0 Å². The Morgan fingerprint density at radius 1 is 1.26 bits per heavy atom. The van der Waals surface area contributed by atoms with Crippen LogP contribution in [-0.2, 0) is 22.2 Å². The van der Waals surface area contributed by atoms with E-state index in [0.29, 0.717) is 38.4 Å². The summed E-state index contributed by atoms with van der Waals surface area (Å²) in [6, 6.07) is 7.72. The average Bonchev–Trinajstić information content (AvgIpc) is 3.26. The summed E-state index contributed by atoms with van der Waals surface area (Å²) in [5, 5.41) is 7.03. The first-order valence-electron chi connectivity index (χ1n) is 10.5. The fourth-order valence-electron chi connectivity index (χ4n) is 3.58. The lowest BCUT2D eigenvalue weighted by Gasteiger charge is -2.35. The molecule has 1 aromatic carbocycles. The Balaban J connectivity index is 1.59. The zero-order valence-corrected chi connectivity index (χ0v) is 19.2. The summed E-state index contributed by atoms with van der Waals surface area (Å²) in [7, 11) is -1.74. The summed E-state index contributed by atoms with van der Waals surface area (Å²) in [5.74, 6) is 1.54. The molecule has 3 rings (SSSR count). The Labute approximate surface area is 184 Å². The quantitative estimate of drug-likeness (QED) is 0.483. The molecule has 9 nitrogen and oxygen atoms in total. The van der Waals surface area contributed by atoms with Crippen molar-refractivity contribution >= 4 is 16.0 Å². The number of rotatable bonds is 8. The number of piperazine rings is 1. The number of aromatic nitrogens is 1.